The molecule has 0 saturated carbocycles. The Balaban J connectivity index is 1.61. The highest BCUT2D eigenvalue weighted by Gasteiger charge is 2.41. The summed E-state index contributed by atoms with van der Waals surface area (Å²) in [5.74, 6) is -0.289. The summed E-state index contributed by atoms with van der Waals surface area (Å²) < 4.78 is 71.9. The van der Waals surface area contributed by atoms with E-state index in [9.17, 15) is 26.4 Å². The van der Waals surface area contributed by atoms with E-state index in [1.165, 1.54) is 26.2 Å². The molecule has 34 heavy (non-hydrogen) atoms. The maximum atomic E-state index is 13.3. The lowest BCUT2D eigenvalue weighted by atomic mass is 10.0. The second-order valence-corrected chi connectivity index (χ2v) is 10.6. The van der Waals surface area contributed by atoms with E-state index in [0.717, 1.165) is 12.1 Å². The van der Waals surface area contributed by atoms with Crippen LogP contribution in [0.1, 0.15) is 17.2 Å². The first kappa shape index (κ1) is 24.8. The van der Waals surface area contributed by atoms with Crippen molar-refractivity contribution in [2.45, 2.75) is 12.2 Å². The molecule has 2 aromatic carbocycles. The number of carbonyl (C=O) groups is 1. The highest BCUT2D eigenvalue weighted by atomic mass is 35.5. The van der Waals surface area contributed by atoms with E-state index < -0.39 is 33.8 Å². The zero-order valence-corrected chi connectivity index (χ0v) is 19.6. The molecule has 1 unspecified atom stereocenters. The monoisotopic (exact) mass is 517 g/mol. The zero-order chi connectivity index (χ0) is 24.5. The van der Waals surface area contributed by atoms with Gasteiger partial charge in [-0.3, -0.25) is 4.90 Å². The number of benzene rings is 2. The molecule has 2 aromatic rings. The molecule has 0 spiro atoms. The van der Waals surface area contributed by atoms with Gasteiger partial charge in [0, 0.05) is 36.9 Å². The standard InChI is InChI=1S/C22H23ClF3N3O4S/c23-18-4-6-19(7-5-18)29-20(16-2-1-3-17(14-16)22(24,25)26)15-27(21(29)30)10-13-34(31,32)28-8-11-33-12-9-28/h1-7,14,20H,8-13,15H2. The number of amides is 2. The second-order valence-electron chi connectivity index (χ2n) is 8.04. The fraction of sp³-hybridized carbons (Fsp3) is 0.409. The number of ether oxygens (including phenoxy) is 1. The molecule has 2 aliphatic heterocycles. The van der Waals surface area contributed by atoms with Crippen molar-refractivity contribution in [1.29, 1.82) is 0 Å². The average molecular weight is 518 g/mol. The summed E-state index contributed by atoms with van der Waals surface area (Å²) in [7, 11) is -3.62. The van der Waals surface area contributed by atoms with Crippen molar-refractivity contribution in [1.82, 2.24) is 9.21 Å². The number of rotatable bonds is 6. The van der Waals surface area contributed by atoms with Gasteiger partial charge in [-0.15, -0.1) is 0 Å². The van der Waals surface area contributed by atoms with Gasteiger partial charge in [-0.25, -0.2) is 13.2 Å². The number of hydrogen-bond donors (Lipinski definition) is 0. The van der Waals surface area contributed by atoms with E-state index in [1.807, 2.05) is 0 Å². The van der Waals surface area contributed by atoms with Crippen molar-refractivity contribution in [2.24, 2.45) is 0 Å². The predicted octanol–water partition coefficient (Wildman–Crippen LogP) is 4.00. The third kappa shape index (κ3) is 5.32. The molecule has 2 amide bonds. The van der Waals surface area contributed by atoms with Gasteiger partial charge in [0.25, 0.3) is 0 Å². The van der Waals surface area contributed by atoms with Gasteiger partial charge in [0.1, 0.15) is 0 Å². The Morgan fingerprint density at radius 3 is 2.38 bits per heavy atom. The second kappa shape index (κ2) is 9.73. The first-order valence-electron chi connectivity index (χ1n) is 10.6. The molecule has 0 aliphatic carbocycles. The van der Waals surface area contributed by atoms with Crippen LogP contribution in [0.3, 0.4) is 0 Å². The smallest absolute Gasteiger partial charge is 0.379 e. The van der Waals surface area contributed by atoms with Crippen molar-refractivity contribution >= 4 is 33.3 Å². The summed E-state index contributed by atoms with van der Waals surface area (Å²) in [6, 6.07) is 9.98. The molecule has 2 saturated heterocycles. The number of halogens is 4. The first-order chi connectivity index (χ1) is 16.1. The third-order valence-electron chi connectivity index (χ3n) is 5.87. The Morgan fingerprint density at radius 2 is 1.74 bits per heavy atom. The van der Waals surface area contributed by atoms with Gasteiger partial charge in [0.15, 0.2) is 0 Å². The lowest BCUT2D eigenvalue weighted by Gasteiger charge is -2.27. The number of alkyl halides is 3. The summed E-state index contributed by atoms with van der Waals surface area (Å²) >= 11 is 5.96. The van der Waals surface area contributed by atoms with Crippen LogP contribution in [0, 0.1) is 0 Å². The van der Waals surface area contributed by atoms with Gasteiger partial charge in [-0.05, 0) is 42.0 Å². The number of nitrogens with zero attached hydrogens (tertiary/aromatic N) is 3. The highest BCUT2D eigenvalue weighted by Crippen LogP contribution is 2.37. The first-order valence-corrected chi connectivity index (χ1v) is 12.6. The molecule has 12 heteroatoms. The predicted molar refractivity (Wildman–Crippen MR) is 121 cm³/mol. The van der Waals surface area contributed by atoms with Crippen LogP contribution in [0.5, 0.6) is 0 Å². The van der Waals surface area contributed by atoms with Crippen molar-refractivity contribution in [3.63, 3.8) is 0 Å². The van der Waals surface area contributed by atoms with Crippen molar-refractivity contribution in [2.75, 3.05) is 50.0 Å². The fourth-order valence-corrected chi connectivity index (χ4v) is 5.63. The molecule has 0 radical (unpaired) electrons. The molecular weight excluding hydrogens is 495 g/mol. The molecule has 2 aliphatic rings. The minimum Gasteiger partial charge on any atom is -0.379 e. The van der Waals surface area contributed by atoms with Crippen LogP contribution in [0.15, 0.2) is 48.5 Å². The zero-order valence-electron chi connectivity index (χ0n) is 18.0. The number of anilines is 1. The van der Waals surface area contributed by atoms with Gasteiger partial charge in [-0.2, -0.15) is 17.5 Å². The number of hydrogen-bond acceptors (Lipinski definition) is 4. The molecule has 2 fully saturated rings. The van der Waals surface area contributed by atoms with Crippen LogP contribution in [0.25, 0.3) is 0 Å². The molecular formula is C22H23ClF3N3O4S. The van der Waals surface area contributed by atoms with E-state index in [2.05, 4.69) is 0 Å². The van der Waals surface area contributed by atoms with Crippen LogP contribution in [0.2, 0.25) is 5.02 Å². The van der Waals surface area contributed by atoms with Gasteiger partial charge < -0.3 is 9.64 Å². The number of urea groups is 1. The maximum absolute atomic E-state index is 13.3. The van der Waals surface area contributed by atoms with Crippen LogP contribution >= 0.6 is 11.6 Å². The largest absolute Gasteiger partial charge is 0.416 e. The highest BCUT2D eigenvalue weighted by molar-refractivity contribution is 7.89. The SMILES string of the molecule is O=C1N(CCS(=O)(=O)N2CCOCC2)CC(c2cccc(C(F)(F)F)c2)N1c1ccc(Cl)cc1. The Bertz CT molecular complexity index is 1140. The van der Waals surface area contributed by atoms with Gasteiger partial charge in [-0.1, -0.05) is 23.7 Å². The lowest BCUT2D eigenvalue weighted by molar-refractivity contribution is -0.137. The number of sulfonamides is 1. The summed E-state index contributed by atoms with van der Waals surface area (Å²) in [4.78, 5) is 16.1. The van der Waals surface area contributed by atoms with E-state index >= 15 is 0 Å². The van der Waals surface area contributed by atoms with Crippen LogP contribution < -0.4 is 4.90 Å². The van der Waals surface area contributed by atoms with E-state index in [0.29, 0.717) is 29.5 Å². The number of carbonyl (C=O) groups excluding carboxylic acids is 1. The van der Waals surface area contributed by atoms with Gasteiger partial charge in [0.2, 0.25) is 10.0 Å². The van der Waals surface area contributed by atoms with Crippen molar-refractivity contribution in [3.8, 4) is 0 Å². The summed E-state index contributed by atoms with van der Waals surface area (Å²) in [6.45, 7) is 1.08. The van der Waals surface area contributed by atoms with Crippen molar-refractivity contribution < 1.29 is 31.1 Å². The Kier molecular flexibility index (Phi) is 7.09. The summed E-state index contributed by atoms with van der Waals surface area (Å²) in [5.41, 5.74) is -0.0612. The van der Waals surface area contributed by atoms with Crippen LogP contribution in [0.4, 0.5) is 23.7 Å². The minimum absolute atomic E-state index is 0.0431. The third-order valence-corrected chi connectivity index (χ3v) is 7.97. The lowest BCUT2D eigenvalue weighted by Crippen LogP contribution is -2.44. The van der Waals surface area contributed by atoms with E-state index in [-0.39, 0.29) is 31.9 Å². The topological polar surface area (TPSA) is 70.2 Å². The Hall–Kier alpha value is -2.34. The molecule has 0 aromatic heterocycles. The van der Waals surface area contributed by atoms with Crippen LogP contribution in [-0.2, 0) is 20.9 Å². The fourth-order valence-electron chi connectivity index (χ4n) is 4.09. The Morgan fingerprint density at radius 1 is 1.06 bits per heavy atom. The van der Waals surface area contributed by atoms with Crippen molar-refractivity contribution in [3.05, 3.63) is 64.7 Å². The maximum Gasteiger partial charge on any atom is 0.416 e. The molecule has 2 heterocycles. The molecule has 7 nitrogen and oxygen atoms in total. The van der Waals surface area contributed by atoms with Gasteiger partial charge >= 0.3 is 12.2 Å². The van der Waals surface area contributed by atoms with Crippen LogP contribution in [-0.4, -0.2) is 68.8 Å². The molecule has 4 rings (SSSR count). The molecule has 0 N–H and O–H groups in total. The van der Waals surface area contributed by atoms with E-state index in [4.69, 9.17) is 16.3 Å². The quantitative estimate of drug-likeness (QED) is 0.581. The molecule has 0 bridgehead atoms. The normalized spacial score (nSPS) is 20.2. The van der Waals surface area contributed by atoms with Gasteiger partial charge in [0.05, 0.1) is 30.6 Å². The molecule has 1 atom stereocenters. The van der Waals surface area contributed by atoms with E-state index in [1.54, 1.807) is 24.3 Å². The summed E-state index contributed by atoms with van der Waals surface area (Å²) in [5, 5.41) is 0.444. The average Bonchev–Trinajstić information content (AvgIpc) is 3.15. The number of morpholine rings is 1. The molecule has 184 valence electrons. The summed E-state index contributed by atoms with van der Waals surface area (Å²) in [6.07, 6.45) is -4.53. The Labute approximate surface area is 200 Å². The minimum atomic E-state index is -4.53.